The molecule has 1 saturated carbocycles. The first-order valence-corrected chi connectivity index (χ1v) is 7.73. The molecular formula is C15H16N2OS. The standard InChI is InChI=1S/C15H16N2OS/c1-7-11(14(18)8-5-6-8)13(16)12-9-3-2-4-10(9)19-15(12)17-7/h8H,2-6H2,1H3,(H2,16,17). The molecule has 0 atom stereocenters. The highest BCUT2D eigenvalue weighted by Crippen LogP contribution is 2.43. The highest BCUT2D eigenvalue weighted by Gasteiger charge is 2.34. The smallest absolute Gasteiger partial charge is 0.169 e. The summed E-state index contributed by atoms with van der Waals surface area (Å²) in [5, 5.41) is 1.08. The van der Waals surface area contributed by atoms with E-state index in [1.807, 2.05) is 6.92 Å². The molecule has 0 amide bonds. The van der Waals surface area contributed by atoms with E-state index in [4.69, 9.17) is 5.73 Å². The van der Waals surface area contributed by atoms with Gasteiger partial charge in [0.2, 0.25) is 0 Å². The molecule has 98 valence electrons. The van der Waals surface area contributed by atoms with Gasteiger partial charge < -0.3 is 5.73 Å². The fraction of sp³-hybridized carbons (Fsp3) is 0.467. The van der Waals surface area contributed by atoms with Crippen molar-refractivity contribution in [1.29, 1.82) is 0 Å². The molecule has 2 aromatic heterocycles. The second-order valence-corrected chi connectivity index (χ2v) is 6.75. The molecule has 0 unspecified atom stereocenters. The van der Waals surface area contributed by atoms with E-state index in [0.717, 1.165) is 41.6 Å². The van der Waals surface area contributed by atoms with Gasteiger partial charge in [-0.15, -0.1) is 11.3 Å². The fourth-order valence-electron chi connectivity index (χ4n) is 3.14. The lowest BCUT2D eigenvalue weighted by Crippen LogP contribution is -2.10. The normalized spacial score (nSPS) is 17.9. The maximum Gasteiger partial charge on any atom is 0.169 e. The number of nitrogen functional groups attached to an aromatic ring is 1. The van der Waals surface area contributed by atoms with Crippen molar-refractivity contribution in [2.24, 2.45) is 5.92 Å². The van der Waals surface area contributed by atoms with Crippen molar-refractivity contribution in [3.63, 3.8) is 0 Å². The Hall–Kier alpha value is -1.42. The van der Waals surface area contributed by atoms with E-state index < -0.39 is 0 Å². The van der Waals surface area contributed by atoms with Crippen LogP contribution >= 0.6 is 11.3 Å². The molecule has 2 heterocycles. The summed E-state index contributed by atoms with van der Waals surface area (Å²) in [7, 11) is 0. The Morgan fingerprint density at radius 1 is 1.37 bits per heavy atom. The molecule has 4 rings (SSSR count). The lowest BCUT2D eigenvalue weighted by Gasteiger charge is -2.09. The zero-order chi connectivity index (χ0) is 13.1. The van der Waals surface area contributed by atoms with E-state index in [0.29, 0.717) is 11.3 Å². The zero-order valence-corrected chi connectivity index (χ0v) is 11.8. The number of Topliss-reactive ketones (excluding diaryl/α,β-unsaturated/α-hetero) is 1. The first-order chi connectivity index (χ1) is 9.16. The molecule has 2 aliphatic rings. The Kier molecular flexibility index (Phi) is 2.28. The van der Waals surface area contributed by atoms with Crippen LogP contribution in [-0.4, -0.2) is 10.8 Å². The minimum Gasteiger partial charge on any atom is -0.398 e. The Labute approximate surface area is 115 Å². The van der Waals surface area contributed by atoms with Crippen molar-refractivity contribution in [3.8, 4) is 0 Å². The summed E-state index contributed by atoms with van der Waals surface area (Å²) in [6, 6.07) is 0. The quantitative estimate of drug-likeness (QED) is 0.854. The van der Waals surface area contributed by atoms with Crippen LogP contribution in [0.25, 0.3) is 10.2 Å². The molecule has 0 aliphatic heterocycles. The van der Waals surface area contributed by atoms with Crippen LogP contribution in [0.2, 0.25) is 0 Å². The number of aromatic nitrogens is 1. The number of pyridine rings is 1. The molecule has 0 spiro atoms. The number of hydrogen-bond donors (Lipinski definition) is 1. The SMILES string of the molecule is Cc1nc2sc3c(c2c(N)c1C(=O)C1CC1)CCC3. The van der Waals surface area contributed by atoms with Crippen molar-refractivity contribution in [2.45, 2.75) is 39.0 Å². The van der Waals surface area contributed by atoms with Crippen molar-refractivity contribution >= 4 is 33.0 Å². The van der Waals surface area contributed by atoms with E-state index in [9.17, 15) is 4.79 Å². The number of anilines is 1. The van der Waals surface area contributed by atoms with Crippen LogP contribution in [0, 0.1) is 12.8 Å². The molecule has 2 aliphatic carbocycles. The molecule has 1 fully saturated rings. The van der Waals surface area contributed by atoms with Crippen molar-refractivity contribution < 1.29 is 4.79 Å². The van der Waals surface area contributed by atoms with Crippen molar-refractivity contribution in [2.75, 3.05) is 5.73 Å². The van der Waals surface area contributed by atoms with Gasteiger partial charge in [-0.25, -0.2) is 4.98 Å². The summed E-state index contributed by atoms with van der Waals surface area (Å²) in [6.45, 7) is 1.91. The van der Waals surface area contributed by atoms with Crippen LogP contribution in [0.15, 0.2) is 0 Å². The maximum atomic E-state index is 12.4. The van der Waals surface area contributed by atoms with Crippen molar-refractivity contribution in [3.05, 3.63) is 21.7 Å². The van der Waals surface area contributed by atoms with Gasteiger partial charge in [0, 0.05) is 16.2 Å². The monoisotopic (exact) mass is 272 g/mol. The Morgan fingerprint density at radius 2 is 2.16 bits per heavy atom. The van der Waals surface area contributed by atoms with Crippen LogP contribution in [0.3, 0.4) is 0 Å². The third-order valence-electron chi connectivity index (χ3n) is 4.27. The molecule has 4 heteroatoms. The number of carbonyl (C=O) groups excluding carboxylic acids is 1. The van der Waals surface area contributed by atoms with Crippen LogP contribution < -0.4 is 5.73 Å². The van der Waals surface area contributed by atoms with Gasteiger partial charge in [-0.1, -0.05) is 0 Å². The van der Waals surface area contributed by atoms with Gasteiger partial charge >= 0.3 is 0 Å². The second-order valence-electron chi connectivity index (χ2n) is 5.66. The van der Waals surface area contributed by atoms with Gasteiger partial charge in [0.1, 0.15) is 4.83 Å². The minimum atomic E-state index is 0.201. The van der Waals surface area contributed by atoms with Gasteiger partial charge in [0.15, 0.2) is 5.78 Å². The van der Waals surface area contributed by atoms with Crippen LogP contribution in [0.1, 0.15) is 45.8 Å². The summed E-state index contributed by atoms with van der Waals surface area (Å²) in [4.78, 5) is 19.5. The highest BCUT2D eigenvalue weighted by molar-refractivity contribution is 7.19. The Bertz CT molecular complexity index is 713. The van der Waals surface area contributed by atoms with Crippen LogP contribution in [0.4, 0.5) is 5.69 Å². The highest BCUT2D eigenvalue weighted by atomic mass is 32.1. The predicted molar refractivity (Wildman–Crippen MR) is 77.8 cm³/mol. The molecule has 0 aromatic carbocycles. The molecule has 19 heavy (non-hydrogen) atoms. The molecule has 0 bridgehead atoms. The van der Waals surface area contributed by atoms with E-state index in [2.05, 4.69) is 4.98 Å². The molecular weight excluding hydrogens is 256 g/mol. The Balaban J connectivity index is 2.00. The predicted octanol–water partition coefficient (Wildman–Crippen LogP) is 3.27. The summed E-state index contributed by atoms with van der Waals surface area (Å²) >= 11 is 1.76. The summed E-state index contributed by atoms with van der Waals surface area (Å²) < 4.78 is 0. The molecule has 0 radical (unpaired) electrons. The molecule has 3 nitrogen and oxygen atoms in total. The van der Waals surface area contributed by atoms with Crippen LogP contribution in [-0.2, 0) is 12.8 Å². The minimum absolute atomic E-state index is 0.201. The topological polar surface area (TPSA) is 56.0 Å². The molecule has 2 aromatic rings. The number of thiophene rings is 1. The van der Waals surface area contributed by atoms with Gasteiger partial charge in [0.05, 0.1) is 16.9 Å². The number of carbonyl (C=O) groups is 1. The largest absolute Gasteiger partial charge is 0.398 e. The van der Waals surface area contributed by atoms with Gasteiger partial charge in [0.25, 0.3) is 0 Å². The summed E-state index contributed by atoms with van der Waals surface area (Å²) in [5.74, 6) is 0.411. The third-order valence-corrected chi connectivity index (χ3v) is 5.45. The van der Waals surface area contributed by atoms with Gasteiger partial charge in [-0.05, 0) is 44.6 Å². The van der Waals surface area contributed by atoms with Gasteiger partial charge in [-0.2, -0.15) is 0 Å². The zero-order valence-electron chi connectivity index (χ0n) is 11.0. The first kappa shape index (κ1) is 11.4. The lowest BCUT2D eigenvalue weighted by molar-refractivity contribution is 0.0967. The van der Waals surface area contributed by atoms with Crippen LogP contribution in [0.5, 0.6) is 0 Å². The van der Waals surface area contributed by atoms with E-state index in [1.54, 1.807) is 11.3 Å². The number of rotatable bonds is 2. The molecule has 0 saturated heterocycles. The fourth-order valence-corrected chi connectivity index (χ4v) is 4.46. The van der Waals surface area contributed by atoms with E-state index in [-0.39, 0.29) is 11.7 Å². The maximum absolute atomic E-state index is 12.4. The number of aryl methyl sites for hydroxylation is 3. The number of hydrogen-bond acceptors (Lipinski definition) is 4. The second kappa shape index (κ2) is 3.79. The van der Waals surface area contributed by atoms with E-state index >= 15 is 0 Å². The Morgan fingerprint density at radius 3 is 2.89 bits per heavy atom. The number of ketones is 1. The number of nitrogens with zero attached hydrogens (tertiary/aromatic N) is 1. The summed E-state index contributed by atoms with van der Waals surface area (Å²) in [5.41, 5.74) is 9.90. The number of nitrogens with two attached hydrogens (primary N) is 1. The third kappa shape index (κ3) is 1.56. The average molecular weight is 272 g/mol. The van der Waals surface area contributed by atoms with E-state index in [1.165, 1.54) is 16.9 Å². The van der Waals surface area contributed by atoms with Crippen molar-refractivity contribution in [1.82, 2.24) is 4.98 Å². The lowest BCUT2D eigenvalue weighted by atomic mass is 10.00. The average Bonchev–Trinajstić information content (AvgIpc) is 3.01. The van der Waals surface area contributed by atoms with Gasteiger partial charge in [-0.3, -0.25) is 4.79 Å². The molecule has 2 N–H and O–H groups in total. The number of fused-ring (bicyclic) bond motifs is 3. The first-order valence-electron chi connectivity index (χ1n) is 6.91. The summed E-state index contributed by atoms with van der Waals surface area (Å²) in [6.07, 6.45) is 5.45.